The average Bonchev–Trinajstić information content (AvgIpc) is 2.80. The van der Waals surface area contributed by atoms with Crippen LogP contribution in [0.25, 0.3) is 16.8 Å². The van der Waals surface area contributed by atoms with Gasteiger partial charge in [-0.15, -0.1) is 0 Å². The first kappa shape index (κ1) is 11.6. The van der Waals surface area contributed by atoms with Gasteiger partial charge in [-0.05, 0) is 64.4 Å². The van der Waals surface area contributed by atoms with Crippen molar-refractivity contribution in [3.8, 4) is 11.1 Å². The number of halogens is 1. The molecule has 3 aromatic rings. The number of aromatic nitrogens is 3. The van der Waals surface area contributed by atoms with Crippen molar-refractivity contribution in [3.05, 3.63) is 52.3 Å². The first-order chi connectivity index (χ1) is 8.78. The molecular formula is C14H12IN3. The Bertz CT molecular complexity index is 703. The summed E-state index contributed by atoms with van der Waals surface area (Å²) in [4.78, 5) is 8.71. The lowest BCUT2D eigenvalue weighted by Crippen LogP contribution is -1.90. The zero-order valence-corrected chi connectivity index (χ0v) is 12.1. The highest BCUT2D eigenvalue weighted by Gasteiger charge is 2.04. The Morgan fingerprint density at radius 2 is 2.00 bits per heavy atom. The molecule has 0 unspecified atom stereocenters. The Morgan fingerprint density at radius 1 is 1.17 bits per heavy atom. The van der Waals surface area contributed by atoms with E-state index in [2.05, 4.69) is 68.3 Å². The standard InChI is InChI=1S/C14H12IN3/c1-2-12-7-10(3-5-16-12)11-4-6-18-13(15)9-17-14(18)8-11/h3-9H,2H2,1H3. The molecule has 0 bridgehead atoms. The van der Waals surface area contributed by atoms with Gasteiger partial charge in [0.15, 0.2) is 0 Å². The van der Waals surface area contributed by atoms with Gasteiger partial charge in [-0.2, -0.15) is 0 Å². The molecule has 0 spiro atoms. The molecule has 3 heterocycles. The monoisotopic (exact) mass is 349 g/mol. The van der Waals surface area contributed by atoms with Gasteiger partial charge in [0.25, 0.3) is 0 Å². The van der Waals surface area contributed by atoms with E-state index in [1.54, 1.807) is 0 Å². The van der Waals surface area contributed by atoms with Crippen molar-refractivity contribution in [1.29, 1.82) is 0 Å². The van der Waals surface area contributed by atoms with Gasteiger partial charge >= 0.3 is 0 Å². The molecule has 90 valence electrons. The summed E-state index contributed by atoms with van der Waals surface area (Å²) in [6.45, 7) is 2.12. The normalized spacial score (nSPS) is 11.0. The molecule has 3 nitrogen and oxygen atoms in total. The van der Waals surface area contributed by atoms with Crippen molar-refractivity contribution in [3.63, 3.8) is 0 Å². The number of aryl methyl sites for hydroxylation is 1. The first-order valence-electron chi connectivity index (χ1n) is 5.86. The van der Waals surface area contributed by atoms with Crippen LogP contribution in [0.15, 0.2) is 42.9 Å². The molecule has 0 atom stereocenters. The minimum Gasteiger partial charge on any atom is -0.295 e. The van der Waals surface area contributed by atoms with E-state index < -0.39 is 0 Å². The zero-order valence-electron chi connectivity index (χ0n) is 9.97. The van der Waals surface area contributed by atoms with Crippen LogP contribution in [0.4, 0.5) is 0 Å². The number of nitrogens with zero attached hydrogens (tertiary/aromatic N) is 3. The minimum absolute atomic E-state index is 0.956. The molecule has 0 N–H and O–H groups in total. The minimum atomic E-state index is 0.956. The van der Waals surface area contributed by atoms with Crippen LogP contribution in [0, 0.1) is 3.70 Å². The largest absolute Gasteiger partial charge is 0.295 e. The van der Waals surface area contributed by atoms with Crippen LogP contribution < -0.4 is 0 Å². The van der Waals surface area contributed by atoms with Gasteiger partial charge in [0, 0.05) is 18.1 Å². The van der Waals surface area contributed by atoms with Crippen molar-refractivity contribution < 1.29 is 0 Å². The molecule has 0 aliphatic heterocycles. The molecule has 0 radical (unpaired) electrons. The number of pyridine rings is 2. The second-order valence-corrected chi connectivity index (χ2v) is 5.22. The number of hydrogen-bond donors (Lipinski definition) is 0. The van der Waals surface area contributed by atoms with Gasteiger partial charge in [-0.1, -0.05) is 6.92 Å². The number of imidazole rings is 1. The van der Waals surface area contributed by atoms with E-state index in [1.807, 2.05) is 18.5 Å². The third-order valence-electron chi connectivity index (χ3n) is 2.98. The molecule has 0 saturated heterocycles. The predicted molar refractivity (Wildman–Crippen MR) is 80.5 cm³/mol. The van der Waals surface area contributed by atoms with Crippen molar-refractivity contribution in [1.82, 2.24) is 14.4 Å². The third kappa shape index (κ3) is 2.01. The van der Waals surface area contributed by atoms with Crippen molar-refractivity contribution in [2.75, 3.05) is 0 Å². The Balaban J connectivity index is 2.13. The molecule has 18 heavy (non-hydrogen) atoms. The van der Waals surface area contributed by atoms with Crippen molar-refractivity contribution >= 4 is 28.2 Å². The lowest BCUT2D eigenvalue weighted by Gasteiger charge is -2.04. The maximum Gasteiger partial charge on any atom is 0.138 e. The highest BCUT2D eigenvalue weighted by Crippen LogP contribution is 2.22. The van der Waals surface area contributed by atoms with E-state index in [-0.39, 0.29) is 0 Å². The number of rotatable bonds is 2. The Kier molecular flexibility index (Phi) is 3.03. The van der Waals surface area contributed by atoms with Gasteiger partial charge < -0.3 is 0 Å². The maximum atomic E-state index is 4.39. The van der Waals surface area contributed by atoms with E-state index in [1.165, 1.54) is 11.1 Å². The second-order valence-electron chi connectivity index (χ2n) is 4.11. The molecule has 0 aliphatic carbocycles. The topological polar surface area (TPSA) is 30.2 Å². The molecule has 3 rings (SSSR count). The molecule has 0 amide bonds. The molecule has 0 saturated carbocycles. The SMILES string of the molecule is CCc1cc(-c2ccn3c(I)cnc3c2)ccn1. The Hall–Kier alpha value is -1.43. The van der Waals surface area contributed by atoms with Crippen LogP contribution >= 0.6 is 22.6 Å². The third-order valence-corrected chi connectivity index (χ3v) is 3.78. The summed E-state index contributed by atoms with van der Waals surface area (Å²) in [6, 6.07) is 8.40. The molecule has 0 aliphatic rings. The fourth-order valence-electron chi connectivity index (χ4n) is 1.98. The Labute approximate surface area is 119 Å². The van der Waals surface area contributed by atoms with Gasteiger partial charge in [0.1, 0.15) is 9.35 Å². The summed E-state index contributed by atoms with van der Waals surface area (Å²) in [5, 5.41) is 0. The molecular weight excluding hydrogens is 337 g/mol. The van der Waals surface area contributed by atoms with Gasteiger partial charge in [0.2, 0.25) is 0 Å². The van der Waals surface area contributed by atoms with Crippen molar-refractivity contribution in [2.24, 2.45) is 0 Å². The van der Waals surface area contributed by atoms with Gasteiger partial charge in [0.05, 0.1) is 6.20 Å². The fraction of sp³-hybridized carbons (Fsp3) is 0.143. The van der Waals surface area contributed by atoms with Crippen LogP contribution in [0.5, 0.6) is 0 Å². The summed E-state index contributed by atoms with van der Waals surface area (Å²) in [5.41, 5.74) is 4.47. The molecule has 0 aromatic carbocycles. The highest BCUT2D eigenvalue weighted by molar-refractivity contribution is 14.1. The van der Waals surface area contributed by atoms with E-state index in [0.29, 0.717) is 0 Å². The van der Waals surface area contributed by atoms with Crippen LogP contribution in [-0.4, -0.2) is 14.4 Å². The number of fused-ring (bicyclic) bond motifs is 1. The Morgan fingerprint density at radius 3 is 2.83 bits per heavy atom. The van der Waals surface area contributed by atoms with Crippen LogP contribution in [0.2, 0.25) is 0 Å². The average molecular weight is 349 g/mol. The second kappa shape index (κ2) is 4.68. The van der Waals surface area contributed by atoms with Crippen LogP contribution in [0.3, 0.4) is 0 Å². The van der Waals surface area contributed by atoms with E-state index in [9.17, 15) is 0 Å². The highest BCUT2D eigenvalue weighted by atomic mass is 127. The lowest BCUT2D eigenvalue weighted by atomic mass is 10.1. The smallest absolute Gasteiger partial charge is 0.138 e. The van der Waals surface area contributed by atoms with E-state index in [0.717, 1.165) is 21.5 Å². The summed E-state index contributed by atoms with van der Waals surface area (Å²) >= 11 is 2.28. The molecule has 0 fully saturated rings. The van der Waals surface area contributed by atoms with E-state index >= 15 is 0 Å². The fourth-order valence-corrected chi connectivity index (χ4v) is 2.53. The lowest BCUT2D eigenvalue weighted by molar-refractivity contribution is 1.04. The predicted octanol–water partition coefficient (Wildman–Crippen LogP) is 3.56. The molecule has 3 aromatic heterocycles. The maximum absolute atomic E-state index is 4.39. The first-order valence-corrected chi connectivity index (χ1v) is 6.93. The summed E-state index contributed by atoms with van der Waals surface area (Å²) in [7, 11) is 0. The molecule has 4 heteroatoms. The summed E-state index contributed by atoms with van der Waals surface area (Å²) in [5.74, 6) is 0. The summed E-state index contributed by atoms with van der Waals surface area (Å²) in [6.07, 6.45) is 6.76. The zero-order chi connectivity index (χ0) is 12.5. The van der Waals surface area contributed by atoms with Crippen molar-refractivity contribution in [2.45, 2.75) is 13.3 Å². The van der Waals surface area contributed by atoms with E-state index in [4.69, 9.17) is 0 Å². The number of hydrogen-bond acceptors (Lipinski definition) is 2. The van der Waals surface area contributed by atoms with Crippen LogP contribution in [0.1, 0.15) is 12.6 Å². The van der Waals surface area contributed by atoms with Gasteiger partial charge in [-0.25, -0.2) is 4.98 Å². The summed E-state index contributed by atoms with van der Waals surface area (Å²) < 4.78 is 3.20. The quantitative estimate of drug-likeness (QED) is 0.663. The van der Waals surface area contributed by atoms with Crippen LogP contribution in [-0.2, 0) is 6.42 Å². The van der Waals surface area contributed by atoms with Gasteiger partial charge in [-0.3, -0.25) is 9.38 Å².